The first-order valence-corrected chi connectivity index (χ1v) is 8.01. The number of phenolic OH excluding ortho intramolecular Hbond substituents is 1. The van der Waals surface area contributed by atoms with Crippen LogP contribution < -0.4 is 5.32 Å². The van der Waals surface area contributed by atoms with Crippen molar-refractivity contribution < 1.29 is 5.11 Å². The van der Waals surface area contributed by atoms with E-state index in [0.717, 1.165) is 51.0 Å². The summed E-state index contributed by atoms with van der Waals surface area (Å²) in [6, 6.07) is 3.48. The molecule has 0 spiro atoms. The second-order valence-electron chi connectivity index (χ2n) is 5.26. The van der Waals surface area contributed by atoms with E-state index in [9.17, 15) is 5.11 Å². The maximum absolute atomic E-state index is 10.3. The monoisotopic (exact) mass is 388 g/mol. The number of halogens is 4. The average molecular weight is 390 g/mol. The first-order chi connectivity index (χ1) is 9.63. The second-order valence-corrected chi connectivity index (χ2v) is 6.11. The van der Waals surface area contributed by atoms with E-state index in [0.29, 0.717) is 10.0 Å². The van der Waals surface area contributed by atoms with Gasteiger partial charge in [0.25, 0.3) is 0 Å². The maximum Gasteiger partial charge on any atom is 0.123 e. The number of nitrogens with zero attached hydrogens (tertiary/aromatic N) is 1. The highest BCUT2D eigenvalue weighted by Crippen LogP contribution is 2.39. The Morgan fingerprint density at radius 3 is 2.41 bits per heavy atom. The molecule has 1 aliphatic rings. The molecule has 0 unspecified atom stereocenters. The number of phenols is 1. The molecule has 1 atom stereocenters. The predicted molar refractivity (Wildman–Crippen MR) is 99.3 cm³/mol. The van der Waals surface area contributed by atoms with Gasteiger partial charge in [-0.2, -0.15) is 0 Å². The van der Waals surface area contributed by atoms with Gasteiger partial charge >= 0.3 is 0 Å². The summed E-state index contributed by atoms with van der Waals surface area (Å²) in [6.07, 6.45) is 3.26. The van der Waals surface area contributed by atoms with Crippen LogP contribution in [0.25, 0.3) is 0 Å². The number of nitrogens with one attached hydrogen (secondary N) is 1. The van der Waals surface area contributed by atoms with Crippen LogP contribution >= 0.6 is 48.0 Å². The third kappa shape index (κ3) is 5.63. The third-order valence-corrected chi connectivity index (χ3v) is 4.36. The summed E-state index contributed by atoms with van der Waals surface area (Å²) in [4.78, 5) is 2.40. The molecule has 0 saturated carbocycles. The van der Waals surface area contributed by atoms with Crippen molar-refractivity contribution in [2.45, 2.75) is 32.2 Å². The summed E-state index contributed by atoms with van der Waals surface area (Å²) in [5, 5.41) is 14.7. The van der Waals surface area contributed by atoms with Crippen molar-refractivity contribution in [1.82, 2.24) is 10.2 Å². The van der Waals surface area contributed by atoms with Crippen LogP contribution in [-0.2, 0) is 0 Å². The Balaban J connectivity index is 0.00000220. The molecule has 22 heavy (non-hydrogen) atoms. The van der Waals surface area contributed by atoms with Crippen molar-refractivity contribution >= 4 is 48.0 Å². The highest BCUT2D eigenvalue weighted by Gasteiger charge is 2.26. The number of aromatic hydroxyl groups is 1. The number of benzene rings is 1. The molecule has 1 aliphatic heterocycles. The molecule has 1 heterocycles. The quantitative estimate of drug-likeness (QED) is 0.767. The van der Waals surface area contributed by atoms with Crippen LogP contribution in [-0.4, -0.2) is 36.2 Å². The summed E-state index contributed by atoms with van der Waals surface area (Å²) in [6.45, 7) is 6.10. The molecule has 0 bridgehead atoms. The van der Waals surface area contributed by atoms with E-state index in [1.165, 1.54) is 0 Å². The average Bonchev–Trinajstić information content (AvgIpc) is 2.42. The number of unbranched alkanes of at least 4 members (excludes halogenated alkanes) is 1. The van der Waals surface area contributed by atoms with Gasteiger partial charge in [-0.25, -0.2) is 0 Å². The van der Waals surface area contributed by atoms with Crippen LogP contribution in [0, 0.1) is 0 Å². The van der Waals surface area contributed by atoms with E-state index < -0.39 is 0 Å². The van der Waals surface area contributed by atoms with E-state index in [1.54, 1.807) is 12.1 Å². The van der Waals surface area contributed by atoms with Gasteiger partial charge in [-0.3, -0.25) is 4.90 Å². The zero-order chi connectivity index (χ0) is 14.5. The Labute approximate surface area is 155 Å². The Kier molecular flexibility index (Phi) is 10.8. The molecule has 1 saturated heterocycles. The van der Waals surface area contributed by atoms with Crippen molar-refractivity contribution in [2.24, 2.45) is 0 Å². The topological polar surface area (TPSA) is 35.5 Å². The van der Waals surface area contributed by atoms with Gasteiger partial charge in [0, 0.05) is 42.8 Å². The van der Waals surface area contributed by atoms with Crippen LogP contribution in [0.2, 0.25) is 10.0 Å². The number of piperazine rings is 1. The number of hydrogen-bond donors (Lipinski definition) is 2. The number of hydrogen-bond acceptors (Lipinski definition) is 3. The molecule has 0 amide bonds. The Morgan fingerprint density at radius 1 is 1.23 bits per heavy atom. The molecule has 2 rings (SSSR count). The van der Waals surface area contributed by atoms with E-state index in [1.807, 2.05) is 0 Å². The van der Waals surface area contributed by atoms with Gasteiger partial charge in [0.05, 0.1) is 5.02 Å². The minimum atomic E-state index is 0. The van der Waals surface area contributed by atoms with Gasteiger partial charge in [0.1, 0.15) is 5.75 Å². The molecular formula is C15H24Cl4N2O. The summed E-state index contributed by atoms with van der Waals surface area (Å²) in [5.41, 5.74) is 0.825. The lowest BCUT2D eigenvalue weighted by molar-refractivity contribution is 0.161. The van der Waals surface area contributed by atoms with Crippen LogP contribution in [0.3, 0.4) is 0 Å². The SMILES string of the molecule is CCCC[C@@H](c1c(O)cc(Cl)cc1Cl)N1CCNCC1.Cl.Cl. The third-order valence-electron chi connectivity index (χ3n) is 3.83. The molecule has 1 fully saturated rings. The van der Waals surface area contributed by atoms with E-state index in [2.05, 4.69) is 17.1 Å². The Morgan fingerprint density at radius 2 is 1.86 bits per heavy atom. The van der Waals surface area contributed by atoms with Crippen LogP contribution in [0.1, 0.15) is 37.8 Å². The lowest BCUT2D eigenvalue weighted by Crippen LogP contribution is -2.45. The number of rotatable bonds is 5. The molecule has 0 aliphatic carbocycles. The van der Waals surface area contributed by atoms with E-state index in [4.69, 9.17) is 23.2 Å². The van der Waals surface area contributed by atoms with Crippen LogP contribution in [0.15, 0.2) is 12.1 Å². The summed E-state index contributed by atoms with van der Waals surface area (Å²) in [7, 11) is 0. The minimum absolute atomic E-state index is 0. The second kappa shape index (κ2) is 10.8. The fourth-order valence-electron chi connectivity index (χ4n) is 2.80. The summed E-state index contributed by atoms with van der Waals surface area (Å²) in [5.74, 6) is 0.210. The first kappa shape index (κ1) is 22.1. The van der Waals surface area contributed by atoms with Crippen molar-refractivity contribution in [3.05, 3.63) is 27.7 Å². The van der Waals surface area contributed by atoms with Gasteiger partial charge in [-0.1, -0.05) is 43.0 Å². The fraction of sp³-hybridized carbons (Fsp3) is 0.600. The lowest BCUT2D eigenvalue weighted by Gasteiger charge is -2.36. The van der Waals surface area contributed by atoms with Gasteiger partial charge < -0.3 is 10.4 Å². The lowest BCUT2D eigenvalue weighted by atomic mass is 9.97. The van der Waals surface area contributed by atoms with Crippen molar-refractivity contribution in [1.29, 1.82) is 0 Å². The molecule has 1 aromatic carbocycles. The standard InChI is InChI=1S/C15H22Cl2N2O.2ClH/c1-2-3-4-13(19-7-5-18-6-8-19)15-12(17)9-11(16)10-14(15)20;;/h9-10,13,18,20H,2-8H2,1H3;2*1H/t13-;;/m0../s1. The largest absolute Gasteiger partial charge is 0.508 e. The van der Waals surface area contributed by atoms with Crippen LogP contribution in [0.5, 0.6) is 5.75 Å². The smallest absolute Gasteiger partial charge is 0.123 e. The van der Waals surface area contributed by atoms with Crippen molar-refractivity contribution in [3.63, 3.8) is 0 Å². The summed E-state index contributed by atoms with van der Waals surface area (Å²) >= 11 is 12.3. The molecule has 0 radical (unpaired) electrons. The molecule has 1 aromatic rings. The molecule has 0 aromatic heterocycles. The highest BCUT2D eigenvalue weighted by molar-refractivity contribution is 6.35. The van der Waals surface area contributed by atoms with Gasteiger partial charge in [-0.15, -0.1) is 24.8 Å². The predicted octanol–water partition coefficient (Wildman–Crippen LogP) is 4.68. The van der Waals surface area contributed by atoms with E-state index >= 15 is 0 Å². The van der Waals surface area contributed by atoms with Crippen molar-refractivity contribution in [3.8, 4) is 5.75 Å². The van der Waals surface area contributed by atoms with E-state index in [-0.39, 0.29) is 36.6 Å². The minimum Gasteiger partial charge on any atom is -0.508 e. The van der Waals surface area contributed by atoms with Gasteiger partial charge in [0.2, 0.25) is 0 Å². The highest BCUT2D eigenvalue weighted by atomic mass is 35.5. The fourth-order valence-corrected chi connectivity index (χ4v) is 3.41. The zero-order valence-corrected chi connectivity index (χ0v) is 15.8. The Hall–Kier alpha value is 0.1000. The van der Waals surface area contributed by atoms with Crippen molar-refractivity contribution in [2.75, 3.05) is 26.2 Å². The maximum atomic E-state index is 10.3. The first-order valence-electron chi connectivity index (χ1n) is 7.26. The van der Waals surface area contributed by atoms with Crippen LogP contribution in [0.4, 0.5) is 0 Å². The molecule has 128 valence electrons. The van der Waals surface area contributed by atoms with Gasteiger partial charge in [0.15, 0.2) is 0 Å². The molecule has 7 heteroatoms. The molecule has 3 nitrogen and oxygen atoms in total. The molecular weight excluding hydrogens is 366 g/mol. The Bertz CT molecular complexity index is 430. The summed E-state index contributed by atoms with van der Waals surface area (Å²) < 4.78 is 0. The zero-order valence-electron chi connectivity index (χ0n) is 12.6. The normalized spacial score (nSPS) is 16.5. The molecule has 2 N–H and O–H groups in total. The van der Waals surface area contributed by atoms with Gasteiger partial charge in [-0.05, 0) is 18.6 Å².